The van der Waals surface area contributed by atoms with Gasteiger partial charge < -0.3 is 10.5 Å². The number of benzene rings is 1. The zero-order valence-electron chi connectivity index (χ0n) is 11.1. The van der Waals surface area contributed by atoms with Crippen LogP contribution in [0.5, 0.6) is 5.88 Å². The Morgan fingerprint density at radius 2 is 1.95 bits per heavy atom. The molecule has 0 spiro atoms. The molecule has 0 fully saturated rings. The lowest BCUT2D eigenvalue weighted by Gasteiger charge is -2.03. The highest BCUT2D eigenvalue weighted by atomic mass is 79.9. The third kappa shape index (κ3) is 2.70. The summed E-state index contributed by atoms with van der Waals surface area (Å²) in [5.41, 5.74) is 7.22. The fourth-order valence-corrected chi connectivity index (χ4v) is 2.07. The average molecular weight is 347 g/mol. The minimum absolute atomic E-state index is 0.379. The normalized spacial score (nSPS) is 10.6. The number of anilines is 1. The van der Waals surface area contributed by atoms with E-state index in [1.54, 1.807) is 24.7 Å². The van der Waals surface area contributed by atoms with Gasteiger partial charge in [0.05, 0.1) is 17.8 Å². The molecule has 3 rings (SSSR count). The predicted molar refractivity (Wildman–Crippen MR) is 81.0 cm³/mol. The number of ether oxygens (including phenoxy) is 1. The number of hydrogen-bond donors (Lipinski definition) is 1. The highest BCUT2D eigenvalue weighted by Gasteiger charge is 2.10. The van der Waals surface area contributed by atoms with E-state index in [0.717, 1.165) is 5.56 Å². The number of rotatable bonds is 3. The molecule has 0 bridgehead atoms. The molecular weight excluding hydrogens is 336 g/mol. The second-order valence-electron chi connectivity index (χ2n) is 4.16. The topological polar surface area (TPSA) is 91.7 Å². The highest BCUT2D eigenvalue weighted by Crippen LogP contribution is 2.22. The number of nitrogens with zero attached hydrogens (tertiary/aromatic N) is 5. The van der Waals surface area contributed by atoms with Crippen LogP contribution < -0.4 is 10.5 Å². The first kappa shape index (κ1) is 13.5. The summed E-state index contributed by atoms with van der Waals surface area (Å²) in [6.45, 7) is 0. The zero-order valence-corrected chi connectivity index (χ0v) is 12.6. The molecule has 2 N–H and O–H groups in total. The van der Waals surface area contributed by atoms with Crippen LogP contribution in [0.15, 0.2) is 41.3 Å². The monoisotopic (exact) mass is 346 g/mol. The van der Waals surface area contributed by atoms with Gasteiger partial charge in [-0.3, -0.25) is 0 Å². The lowest BCUT2D eigenvalue weighted by atomic mass is 10.2. The zero-order chi connectivity index (χ0) is 14.8. The van der Waals surface area contributed by atoms with Gasteiger partial charge in [-0.05, 0) is 40.2 Å². The van der Waals surface area contributed by atoms with Gasteiger partial charge >= 0.3 is 0 Å². The molecule has 0 unspecified atom stereocenters. The predicted octanol–water partition coefficient (Wildman–Crippen LogP) is 2.08. The van der Waals surface area contributed by atoms with Crippen molar-refractivity contribution in [1.29, 1.82) is 0 Å². The highest BCUT2D eigenvalue weighted by molar-refractivity contribution is 9.10. The van der Waals surface area contributed by atoms with Gasteiger partial charge in [-0.2, -0.15) is 9.67 Å². The Balaban J connectivity index is 1.96. The quantitative estimate of drug-likeness (QED) is 0.730. The second kappa shape index (κ2) is 5.49. The molecule has 8 heteroatoms. The molecule has 21 heavy (non-hydrogen) atoms. The van der Waals surface area contributed by atoms with E-state index < -0.39 is 0 Å². The van der Waals surface area contributed by atoms with Gasteiger partial charge in [0.25, 0.3) is 5.95 Å². The van der Waals surface area contributed by atoms with Crippen molar-refractivity contribution in [3.63, 3.8) is 0 Å². The number of nitrogen functional groups attached to an aromatic ring is 1. The van der Waals surface area contributed by atoms with Crippen molar-refractivity contribution in [3.8, 4) is 23.2 Å². The van der Waals surface area contributed by atoms with Crippen molar-refractivity contribution >= 4 is 21.6 Å². The fraction of sp³-hybridized carbons (Fsp3) is 0.0769. The van der Waals surface area contributed by atoms with Crippen LogP contribution in [0, 0.1) is 0 Å². The Morgan fingerprint density at radius 1 is 1.19 bits per heavy atom. The number of nitrogens with two attached hydrogens (primary N) is 1. The van der Waals surface area contributed by atoms with Crippen LogP contribution in [0.2, 0.25) is 0 Å². The molecule has 1 aromatic carbocycles. The number of methoxy groups -OCH3 is 1. The van der Waals surface area contributed by atoms with Crippen molar-refractivity contribution in [1.82, 2.24) is 24.7 Å². The summed E-state index contributed by atoms with van der Waals surface area (Å²) in [5.74, 6) is 1.38. The van der Waals surface area contributed by atoms with E-state index in [-0.39, 0.29) is 0 Å². The molecule has 0 saturated carbocycles. The molecule has 2 aromatic heterocycles. The Kier molecular flexibility index (Phi) is 3.53. The summed E-state index contributed by atoms with van der Waals surface area (Å²) in [6, 6.07) is 7.32. The van der Waals surface area contributed by atoms with Crippen molar-refractivity contribution in [3.05, 3.63) is 41.3 Å². The molecule has 3 aromatic rings. The van der Waals surface area contributed by atoms with E-state index in [0.29, 0.717) is 27.8 Å². The maximum atomic E-state index is 5.66. The molecular formula is C13H11BrN6O. The van der Waals surface area contributed by atoms with Gasteiger partial charge in [0.1, 0.15) is 6.33 Å². The standard InChI is InChI=1S/C13H11BrN6O/c1-21-12-10(14)6-16-13(18-12)20-7-17-11(19-20)8-2-4-9(15)5-3-8/h2-7H,15H2,1H3. The van der Waals surface area contributed by atoms with Crippen LogP contribution >= 0.6 is 15.9 Å². The first-order valence-corrected chi connectivity index (χ1v) is 6.81. The lowest BCUT2D eigenvalue weighted by Crippen LogP contribution is -2.03. The molecule has 0 aliphatic rings. The van der Waals surface area contributed by atoms with E-state index in [2.05, 4.69) is 36.0 Å². The molecule has 0 radical (unpaired) electrons. The van der Waals surface area contributed by atoms with Crippen molar-refractivity contribution in [2.75, 3.05) is 12.8 Å². The minimum atomic E-state index is 0.379. The summed E-state index contributed by atoms with van der Waals surface area (Å²) in [6.07, 6.45) is 3.15. The van der Waals surface area contributed by atoms with E-state index in [1.807, 2.05) is 12.1 Å². The van der Waals surface area contributed by atoms with Crippen LogP contribution in [0.4, 0.5) is 5.69 Å². The fourth-order valence-electron chi connectivity index (χ4n) is 1.72. The number of hydrogen-bond acceptors (Lipinski definition) is 6. The van der Waals surface area contributed by atoms with E-state index >= 15 is 0 Å². The third-order valence-electron chi connectivity index (χ3n) is 2.76. The largest absolute Gasteiger partial charge is 0.480 e. The summed E-state index contributed by atoms with van der Waals surface area (Å²) in [5, 5.41) is 4.35. The summed E-state index contributed by atoms with van der Waals surface area (Å²) in [4.78, 5) is 12.7. The average Bonchev–Trinajstić information content (AvgIpc) is 2.98. The summed E-state index contributed by atoms with van der Waals surface area (Å²) < 4.78 is 7.30. The maximum absolute atomic E-state index is 5.66. The lowest BCUT2D eigenvalue weighted by molar-refractivity contribution is 0.392. The van der Waals surface area contributed by atoms with Gasteiger partial charge in [0.15, 0.2) is 5.82 Å². The summed E-state index contributed by atoms with van der Waals surface area (Å²) in [7, 11) is 1.54. The summed E-state index contributed by atoms with van der Waals surface area (Å²) >= 11 is 3.30. The van der Waals surface area contributed by atoms with Gasteiger partial charge in [-0.25, -0.2) is 9.97 Å². The van der Waals surface area contributed by atoms with Gasteiger partial charge in [0.2, 0.25) is 5.88 Å². The van der Waals surface area contributed by atoms with Crippen molar-refractivity contribution in [2.24, 2.45) is 0 Å². The van der Waals surface area contributed by atoms with Crippen LogP contribution in [0.1, 0.15) is 0 Å². The van der Waals surface area contributed by atoms with Crippen LogP contribution in [-0.2, 0) is 0 Å². The Morgan fingerprint density at radius 3 is 2.67 bits per heavy atom. The van der Waals surface area contributed by atoms with Crippen molar-refractivity contribution in [2.45, 2.75) is 0 Å². The van der Waals surface area contributed by atoms with Gasteiger partial charge in [-0.15, -0.1) is 5.10 Å². The second-order valence-corrected chi connectivity index (χ2v) is 5.02. The molecule has 2 heterocycles. The minimum Gasteiger partial charge on any atom is -0.480 e. The molecule has 0 saturated heterocycles. The Hall–Kier alpha value is -2.48. The van der Waals surface area contributed by atoms with E-state index in [9.17, 15) is 0 Å². The maximum Gasteiger partial charge on any atom is 0.255 e. The SMILES string of the molecule is COc1nc(-n2cnc(-c3ccc(N)cc3)n2)ncc1Br. The molecule has 0 aliphatic heterocycles. The smallest absolute Gasteiger partial charge is 0.255 e. The van der Waals surface area contributed by atoms with E-state index in [1.165, 1.54) is 11.8 Å². The third-order valence-corrected chi connectivity index (χ3v) is 3.30. The number of aromatic nitrogens is 5. The van der Waals surface area contributed by atoms with Crippen LogP contribution in [0.3, 0.4) is 0 Å². The van der Waals surface area contributed by atoms with Gasteiger partial charge in [-0.1, -0.05) is 0 Å². The Bertz CT molecular complexity index is 771. The van der Waals surface area contributed by atoms with Crippen LogP contribution in [0.25, 0.3) is 17.3 Å². The van der Waals surface area contributed by atoms with Crippen molar-refractivity contribution < 1.29 is 4.74 Å². The first-order valence-electron chi connectivity index (χ1n) is 6.02. The molecule has 0 atom stereocenters. The molecule has 0 amide bonds. The molecule has 106 valence electrons. The first-order chi connectivity index (χ1) is 10.2. The van der Waals surface area contributed by atoms with Crippen LogP contribution in [-0.4, -0.2) is 31.8 Å². The number of halogens is 1. The van der Waals surface area contributed by atoms with Gasteiger partial charge in [0, 0.05) is 11.3 Å². The molecule has 0 aliphatic carbocycles. The molecule has 7 nitrogen and oxygen atoms in total. The Labute approximate surface area is 128 Å². The van der Waals surface area contributed by atoms with E-state index in [4.69, 9.17) is 10.5 Å².